The zero-order chi connectivity index (χ0) is 39.1. The number of nitrogens with one attached hydrogen (secondary N) is 2. The van der Waals surface area contributed by atoms with Crippen LogP contribution in [-0.4, -0.2) is 80.2 Å². The van der Waals surface area contributed by atoms with E-state index >= 15 is 0 Å². The van der Waals surface area contributed by atoms with Crippen molar-refractivity contribution in [3.05, 3.63) is 69.4 Å². The summed E-state index contributed by atoms with van der Waals surface area (Å²) in [5.41, 5.74) is -1.08. The molecule has 0 fully saturated rings. The minimum absolute atomic E-state index is 0.0111. The minimum atomic E-state index is -4.52. The number of hydrogen-bond donors (Lipinski definition) is 2. The molecular weight excluding hydrogens is 759 g/mol. The maximum Gasteiger partial charge on any atom is 0.416 e. The minimum Gasteiger partial charge on any atom is -0.487 e. The summed E-state index contributed by atoms with van der Waals surface area (Å²) < 4.78 is 86.7. The van der Waals surface area contributed by atoms with Gasteiger partial charge in [-0.1, -0.05) is 11.6 Å². The summed E-state index contributed by atoms with van der Waals surface area (Å²) >= 11 is 5.80. The fourth-order valence-electron chi connectivity index (χ4n) is 4.12. The van der Waals surface area contributed by atoms with E-state index in [0.717, 1.165) is 27.7 Å². The number of halogens is 4. The number of amides is 2. The molecular formula is C28H27ClF3N11O9S. The average molecular weight is 786 g/mol. The number of rotatable bonds is 11. The molecule has 0 aliphatic heterocycles. The summed E-state index contributed by atoms with van der Waals surface area (Å²) in [5, 5.41) is 27.8. The fourth-order valence-corrected chi connectivity index (χ4v) is 5.56. The van der Waals surface area contributed by atoms with Crippen molar-refractivity contribution >= 4 is 39.3 Å². The van der Waals surface area contributed by atoms with Crippen LogP contribution < -0.4 is 29.0 Å². The van der Waals surface area contributed by atoms with E-state index in [1.165, 1.54) is 58.8 Å². The van der Waals surface area contributed by atoms with Crippen molar-refractivity contribution in [3.63, 3.8) is 0 Å². The van der Waals surface area contributed by atoms with Gasteiger partial charge in [-0.15, -0.1) is 10.2 Å². The van der Waals surface area contributed by atoms with Gasteiger partial charge in [-0.3, -0.25) is 20.1 Å². The molecule has 0 aliphatic carbocycles. The molecule has 0 saturated carbocycles. The zero-order valence-corrected chi connectivity index (χ0v) is 29.5. The van der Waals surface area contributed by atoms with Crippen LogP contribution in [0.5, 0.6) is 29.0 Å². The highest BCUT2D eigenvalue weighted by atomic mass is 35.5. The zero-order valence-electron chi connectivity index (χ0n) is 27.9. The van der Waals surface area contributed by atoms with E-state index < -0.39 is 32.7 Å². The van der Waals surface area contributed by atoms with E-state index in [0.29, 0.717) is 0 Å². The second-order valence-corrected chi connectivity index (χ2v) is 12.0. The second kappa shape index (κ2) is 16.4. The van der Waals surface area contributed by atoms with E-state index in [1.54, 1.807) is 6.92 Å². The highest BCUT2D eigenvalue weighted by Gasteiger charge is 2.31. The number of anilines is 1. The predicted octanol–water partition coefficient (Wildman–Crippen LogP) is 4.39. The number of aryl methyl sites for hydroxylation is 2. The SMILES string of the molecule is CCOc1cc(Oc2ccc(C(F)(F)F)cc2Cl)ccc1[N+](=O)[O-].COc1cc(OC)nc(NC(=O)NS(=O)(=O)c2c(-c3nnn(C)n3)cnn2C)n1. The molecule has 3 heterocycles. The Balaban J connectivity index is 0.000000241. The number of nitrogens with zero attached hydrogens (tertiary/aromatic N) is 9. The van der Waals surface area contributed by atoms with E-state index in [2.05, 4.69) is 35.8 Å². The fraction of sp³-hybridized carbons (Fsp3) is 0.250. The number of ether oxygens (including phenoxy) is 4. The first kappa shape index (κ1) is 39.5. The Morgan fingerprint density at radius 3 is 2.26 bits per heavy atom. The smallest absolute Gasteiger partial charge is 0.416 e. The lowest BCUT2D eigenvalue weighted by Crippen LogP contribution is -2.36. The Kier molecular flexibility index (Phi) is 12.2. The molecule has 5 rings (SSSR count). The van der Waals surface area contributed by atoms with Gasteiger partial charge in [0.05, 0.1) is 61.2 Å². The number of nitro benzene ring substituents is 1. The van der Waals surface area contributed by atoms with Crippen LogP contribution >= 0.6 is 11.6 Å². The molecule has 53 heavy (non-hydrogen) atoms. The summed E-state index contributed by atoms with van der Waals surface area (Å²) in [6.07, 6.45) is -3.27. The molecule has 0 spiro atoms. The first-order valence-corrected chi connectivity index (χ1v) is 16.3. The van der Waals surface area contributed by atoms with Gasteiger partial charge in [-0.25, -0.2) is 9.52 Å². The van der Waals surface area contributed by atoms with Crippen molar-refractivity contribution in [2.24, 2.45) is 14.1 Å². The maximum atomic E-state index is 12.8. The molecule has 2 amide bonds. The summed E-state index contributed by atoms with van der Waals surface area (Å²) in [7, 11) is 1.27. The van der Waals surface area contributed by atoms with Gasteiger partial charge in [-0.05, 0) is 36.4 Å². The third-order valence-electron chi connectivity index (χ3n) is 6.35. The van der Waals surface area contributed by atoms with Gasteiger partial charge >= 0.3 is 17.9 Å². The molecule has 2 aromatic carbocycles. The van der Waals surface area contributed by atoms with Crippen molar-refractivity contribution < 1.29 is 50.3 Å². The Morgan fingerprint density at radius 1 is 1.04 bits per heavy atom. The number of aromatic nitrogens is 8. The van der Waals surface area contributed by atoms with Crippen LogP contribution in [0.1, 0.15) is 12.5 Å². The first-order chi connectivity index (χ1) is 24.9. The quantitative estimate of drug-likeness (QED) is 0.139. The van der Waals surface area contributed by atoms with Crippen molar-refractivity contribution in [1.82, 2.24) is 44.7 Å². The summed E-state index contributed by atoms with van der Waals surface area (Å²) in [6, 6.07) is 6.67. The van der Waals surface area contributed by atoms with Gasteiger partial charge in [-0.2, -0.15) is 41.5 Å². The van der Waals surface area contributed by atoms with Gasteiger partial charge in [0.15, 0.2) is 5.03 Å². The van der Waals surface area contributed by atoms with Crippen LogP contribution in [0.2, 0.25) is 5.02 Å². The average Bonchev–Trinajstić information content (AvgIpc) is 3.70. The molecule has 3 aromatic heterocycles. The summed E-state index contributed by atoms with van der Waals surface area (Å²) in [6.45, 7) is 1.86. The topological polar surface area (TPSA) is 243 Å². The van der Waals surface area contributed by atoms with Gasteiger partial charge in [0, 0.05) is 19.2 Å². The number of nitro groups is 1. The Labute approximate surface area is 302 Å². The monoisotopic (exact) mass is 785 g/mol. The molecule has 0 radical (unpaired) electrons. The molecule has 2 N–H and O–H groups in total. The van der Waals surface area contributed by atoms with Gasteiger partial charge < -0.3 is 18.9 Å². The summed E-state index contributed by atoms with van der Waals surface area (Å²) in [4.78, 5) is 31.5. The van der Waals surface area contributed by atoms with Crippen LogP contribution in [0.15, 0.2) is 53.7 Å². The highest BCUT2D eigenvalue weighted by Crippen LogP contribution is 2.38. The van der Waals surface area contributed by atoms with E-state index in [1.807, 2.05) is 4.72 Å². The van der Waals surface area contributed by atoms with E-state index in [-0.39, 0.29) is 68.7 Å². The van der Waals surface area contributed by atoms with Gasteiger partial charge in [0.1, 0.15) is 11.5 Å². The van der Waals surface area contributed by atoms with Crippen LogP contribution in [-0.2, 0) is 30.3 Å². The molecule has 0 aliphatic rings. The first-order valence-electron chi connectivity index (χ1n) is 14.5. The number of alkyl halides is 3. The number of sulfonamides is 1. The normalized spacial score (nSPS) is 11.2. The molecule has 0 saturated heterocycles. The van der Waals surface area contributed by atoms with Crippen molar-refractivity contribution in [3.8, 4) is 40.4 Å². The molecule has 282 valence electrons. The summed E-state index contributed by atoms with van der Waals surface area (Å²) in [5.74, 6) is 0.141. The predicted molar refractivity (Wildman–Crippen MR) is 176 cm³/mol. The molecule has 0 atom stereocenters. The number of urea groups is 1. The number of methoxy groups -OCH3 is 2. The second-order valence-electron chi connectivity index (χ2n) is 9.99. The van der Waals surface area contributed by atoms with Crippen LogP contribution in [0.3, 0.4) is 0 Å². The van der Waals surface area contributed by atoms with Crippen LogP contribution in [0.4, 0.5) is 29.6 Å². The number of tetrazole rings is 1. The molecule has 5 aromatic rings. The van der Waals surface area contributed by atoms with Crippen LogP contribution in [0.25, 0.3) is 11.4 Å². The molecule has 0 unspecified atom stereocenters. The lowest BCUT2D eigenvalue weighted by molar-refractivity contribution is -0.385. The lowest BCUT2D eigenvalue weighted by Gasteiger charge is -2.12. The molecule has 20 nitrogen and oxygen atoms in total. The van der Waals surface area contributed by atoms with Crippen molar-refractivity contribution in [2.75, 3.05) is 26.1 Å². The van der Waals surface area contributed by atoms with E-state index in [9.17, 15) is 36.5 Å². The highest BCUT2D eigenvalue weighted by molar-refractivity contribution is 7.90. The number of carbonyl (C=O) groups excluding carboxylic acids is 1. The number of hydrogen-bond acceptors (Lipinski definition) is 15. The van der Waals surface area contributed by atoms with E-state index in [4.69, 9.17) is 30.5 Å². The Hall–Kier alpha value is -6.30. The maximum absolute atomic E-state index is 12.8. The number of benzene rings is 2. The Bertz CT molecular complexity index is 2210. The standard InChI is InChI=1S/C15H11ClF3NO4.C13H16N10O5S/c1-2-23-14-8-10(4-5-12(14)20(21)22)24-13-6-3-9(7-11(13)16)15(17,18)19;1-22-11(7(6-14-22)10-18-21-23(2)19-10)29(25,26)20-13(24)17-12-15-8(27-3)5-9(16-12)28-4/h3-8H,2H2,1H3;5-6H,1-4H3,(H2,15,16,17,20,24). The number of carbonyl (C=O) groups is 1. The van der Waals surface area contributed by atoms with Crippen LogP contribution in [0, 0.1) is 10.1 Å². The molecule has 0 bridgehead atoms. The van der Waals surface area contributed by atoms with Crippen molar-refractivity contribution in [2.45, 2.75) is 18.1 Å². The van der Waals surface area contributed by atoms with Gasteiger partial charge in [0.2, 0.25) is 29.3 Å². The third kappa shape index (κ3) is 9.94. The Morgan fingerprint density at radius 2 is 1.72 bits per heavy atom. The third-order valence-corrected chi connectivity index (χ3v) is 8.10. The van der Waals surface area contributed by atoms with Gasteiger partial charge in [0.25, 0.3) is 10.0 Å². The molecule has 25 heteroatoms. The largest absolute Gasteiger partial charge is 0.487 e. The lowest BCUT2D eigenvalue weighted by atomic mass is 10.2. The van der Waals surface area contributed by atoms with Crippen molar-refractivity contribution in [1.29, 1.82) is 0 Å².